The Bertz CT molecular complexity index is 501. The molecule has 0 spiro atoms. The van der Waals surface area contributed by atoms with E-state index in [0.717, 1.165) is 36.0 Å². The molecule has 1 aliphatic rings. The lowest BCUT2D eigenvalue weighted by atomic mass is 10.0. The lowest BCUT2D eigenvalue weighted by molar-refractivity contribution is 0.103. The highest BCUT2D eigenvalue weighted by molar-refractivity contribution is 6.18. The number of hydrogen-bond donors (Lipinski definition) is 0. The fourth-order valence-electron chi connectivity index (χ4n) is 2.19. The molecule has 0 radical (unpaired) electrons. The summed E-state index contributed by atoms with van der Waals surface area (Å²) in [7, 11) is 3.18. The number of unbranched alkanes of at least 4 members (excludes halogenated alkanes) is 1. The molecule has 0 unspecified atom stereocenters. The van der Waals surface area contributed by atoms with Gasteiger partial charge in [-0.1, -0.05) is 13.3 Å². The molecule has 18 heavy (non-hydrogen) atoms. The van der Waals surface area contributed by atoms with Crippen molar-refractivity contribution in [3.05, 3.63) is 28.8 Å². The summed E-state index contributed by atoms with van der Waals surface area (Å²) >= 11 is 0. The molecule has 0 saturated carbocycles. The molecule has 0 N–H and O–H groups in total. The van der Waals surface area contributed by atoms with Crippen LogP contribution in [0.15, 0.2) is 17.7 Å². The van der Waals surface area contributed by atoms with Crippen LogP contribution in [-0.2, 0) is 0 Å². The Morgan fingerprint density at radius 2 is 1.78 bits per heavy atom. The number of carbonyl (C=O) groups is 1. The number of ether oxygens (including phenoxy) is 2. The average molecular weight is 246 g/mol. The second-order valence-corrected chi connectivity index (χ2v) is 4.40. The van der Waals surface area contributed by atoms with Crippen molar-refractivity contribution in [3.8, 4) is 11.5 Å². The van der Waals surface area contributed by atoms with Crippen molar-refractivity contribution in [2.45, 2.75) is 26.2 Å². The molecule has 0 heterocycles. The van der Waals surface area contributed by atoms with Crippen LogP contribution in [0.4, 0.5) is 0 Å². The van der Waals surface area contributed by atoms with Crippen LogP contribution >= 0.6 is 0 Å². The summed E-state index contributed by atoms with van der Waals surface area (Å²) in [5.74, 6) is 1.39. The molecular weight excluding hydrogens is 228 g/mol. The van der Waals surface area contributed by atoms with Crippen LogP contribution in [0.3, 0.4) is 0 Å². The Kier molecular flexibility index (Phi) is 3.70. The van der Waals surface area contributed by atoms with E-state index < -0.39 is 0 Å². The minimum atomic E-state index is 0.124. The number of fused-ring (bicyclic) bond motifs is 1. The molecule has 2 rings (SSSR count). The van der Waals surface area contributed by atoms with Crippen molar-refractivity contribution < 1.29 is 14.3 Å². The molecule has 0 amide bonds. The summed E-state index contributed by atoms with van der Waals surface area (Å²) in [6.45, 7) is 2.12. The predicted octanol–water partition coefficient (Wildman–Crippen LogP) is 3.47. The Labute approximate surface area is 107 Å². The number of carbonyl (C=O) groups excluding carboxylic acids is 1. The van der Waals surface area contributed by atoms with Crippen LogP contribution in [0, 0.1) is 0 Å². The third-order valence-corrected chi connectivity index (χ3v) is 3.22. The average Bonchev–Trinajstić information content (AvgIpc) is 2.71. The van der Waals surface area contributed by atoms with Gasteiger partial charge in [0.15, 0.2) is 17.3 Å². The van der Waals surface area contributed by atoms with E-state index >= 15 is 0 Å². The molecule has 96 valence electrons. The normalized spacial score (nSPS) is 13.3. The van der Waals surface area contributed by atoms with Gasteiger partial charge in [0.2, 0.25) is 0 Å². The van der Waals surface area contributed by atoms with E-state index in [1.54, 1.807) is 20.3 Å². The summed E-state index contributed by atoms with van der Waals surface area (Å²) in [5, 5.41) is 0. The van der Waals surface area contributed by atoms with Crippen LogP contribution in [0.25, 0.3) is 6.08 Å². The Morgan fingerprint density at radius 3 is 2.39 bits per heavy atom. The number of ketones is 1. The zero-order valence-electron chi connectivity index (χ0n) is 11.1. The maximum Gasteiger partial charge on any atom is 0.189 e. The summed E-state index contributed by atoms with van der Waals surface area (Å²) in [5.41, 5.74) is 2.55. The van der Waals surface area contributed by atoms with Crippen molar-refractivity contribution >= 4 is 11.9 Å². The van der Waals surface area contributed by atoms with Gasteiger partial charge in [-0.2, -0.15) is 0 Å². The number of methoxy groups -OCH3 is 2. The van der Waals surface area contributed by atoms with Crippen LogP contribution in [0.2, 0.25) is 0 Å². The molecular formula is C15H18O3. The zero-order chi connectivity index (χ0) is 13.1. The SMILES string of the molecule is CCCCC1=Cc2cc(OC)c(OC)cc2C1=O. The van der Waals surface area contributed by atoms with Gasteiger partial charge in [-0.15, -0.1) is 0 Å². The fraction of sp³-hybridized carbons (Fsp3) is 0.400. The summed E-state index contributed by atoms with van der Waals surface area (Å²) < 4.78 is 10.5. The van der Waals surface area contributed by atoms with Gasteiger partial charge in [0.1, 0.15) is 0 Å². The number of benzene rings is 1. The first kappa shape index (κ1) is 12.7. The molecule has 0 aromatic heterocycles. The van der Waals surface area contributed by atoms with E-state index in [2.05, 4.69) is 6.92 Å². The van der Waals surface area contributed by atoms with E-state index in [0.29, 0.717) is 11.5 Å². The van der Waals surface area contributed by atoms with Crippen LogP contribution in [0.1, 0.15) is 42.1 Å². The largest absolute Gasteiger partial charge is 0.493 e. The third-order valence-electron chi connectivity index (χ3n) is 3.22. The van der Waals surface area contributed by atoms with E-state index in [-0.39, 0.29) is 5.78 Å². The van der Waals surface area contributed by atoms with Crippen LogP contribution in [0.5, 0.6) is 11.5 Å². The Morgan fingerprint density at radius 1 is 1.11 bits per heavy atom. The highest BCUT2D eigenvalue weighted by Crippen LogP contribution is 2.36. The number of Topliss-reactive ketones (excluding diaryl/α,β-unsaturated/α-hetero) is 1. The Hall–Kier alpha value is -1.77. The fourth-order valence-corrected chi connectivity index (χ4v) is 2.19. The monoisotopic (exact) mass is 246 g/mol. The maximum atomic E-state index is 12.2. The molecule has 0 fully saturated rings. The van der Waals surface area contributed by atoms with Gasteiger partial charge in [0.05, 0.1) is 14.2 Å². The molecule has 1 aliphatic carbocycles. The number of hydrogen-bond acceptors (Lipinski definition) is 3. The first-order valence-electron chi connectivity index (χ1n) is 6.22. The van der Waals surface area contributed by atoms with Crippen molar-refractivity contribution in [2.75, 3.05) is 14.2 Å². The van der Waals surface area contributed by atoms with E-state index in [4.69, 9.17) is 9.47 Å². The first-order valence-corrected chi connectivity index (χ1v) is 6.22. The van der Waals surface area contributed by atoms with Crippen molar-refractivity contribution in [1.82, 2.24) is 0 Å². The molecule has 0 bridgehead atoms. The minimum absolute atomic E-state index is 0.124. The lowest BCUT2D eigenvalue weighted by Gasteiger charge is -2.09. The quantitative estimate of drug-likeness (QED) is 0.798. The van der Waals surface area contributed by atoms with Crippen molar-refractivity contribution in [1.29, 1.82) is 0 Å². The standard InChI is InChI=1S/C15H18O3/c1-4-5-6-10-7-11-8-13(17-2)14(18-3)9-12(11)15(10)16/h7-9H,4-6H2,1-3H3. The second kappa shape index (κ2) is 5.25. The van der Waals surface area contributed by atoms with Crippen molar-refractivity contribution in [3.63, 3.8) is 0 Å². The Balaban J connectivity index is 2.36. The molecule has 0 saturated heterocycles. The van der Waals surface area contributed by atoms with E-state index in [1.807, 2.05) is 12.1 Å². The van der Waals surface area contributed by atoms with Crippen LogP contribution < -0.4 is 9.47 Å². The molecule has 3 heteroatoms. The summed E-state index contributed by atoms with van der Waals surface area (Å²) in [6, 6.07) is 3.64. The topological polar surface area (TPSA) is 35.5 Å². The minimum Gasteiger partial charge on any atom is -0.493 e. The maximum absolute atomic E-state index is 12.2. The highest BCUT2D eigenvalue weighted by atomic mass is 16.5. The van der Waals surface area contributed by atoms with E-state index in [9.17, 15) is 4.79 Å². The number of allylic oxidation sites excluding steroid dienone is 1. The summed E-state index contributed by atoms with van der Waals surface area (Å²) in [4.78, 5) is 12.2. The molecule has 0 aliphatic heterocycles. The van der Waals surface area contributed by atoms with Gasteiger partial charge in [-0.25, -0.2) is 0 Å². The van der Waals surface area contributed by atoms with Gasteiger partial charge in [0, 0.05) is 11.1 Å². The predicted molar refractivity (Wildman–Crippen MR) is 71.4 cm³/mol. The van der Waals surface area contributed by atoms with Crippen molar-refractivity contribution in [2.24, 2.45) is 0 Å². The number of rotatable bonds is 5. The van der Waals surface area contributed by atoms with Crippen LogP contribution in [-0.4, -0.2) is 20.0 Å². The molecule has 1 aromatic carbocycles. The van der Waals surface area contributed by atoms with Gasteiger partial charge >= 0.3 is 0 Å². The smallest absolute Gasteiger partial charge is 0.189 e. The molecule has 1 aromatic rings. The summed E-state index contributed by atoms with van der Waals surface area (Å²) in [6.07, 6.45) is 4.94. The van der Waals surface area contributed by atoms with Gasteiger partial charge < -0.3 is 9.47 Å². The zero-order valence-corrected chi connectivity index (χ0v) is 11.1. The second-order valence-electron chi connectivity index (χ2n) is 4.40. The van der Waals surface area contributed by atoms with Gasteiger partial charge in [-0.05, 0) is 36.6 Å². The third kappa shape index (κ3) is 2.13. The molecule has 0 atom stereocenters. The lowest BCUT2D eigenvalue weighted by Crippen LogP contribution is -2.00. The first-order chi connectivity index (χ1) is 8.71. The van der Waals surface area contributed by atoms with Gasteiger partial charge in [0.25, 0.3) is 0 Å². The van der Waals surface area contributed by atoms with E-state index in [1.165, 1.54) is 0 Å². The molecule has 3 nitrogen and oxygen atoms in total. The highest BCUT2D eigenvalue weighted by Gasteiger charge is 2.24. The van der Waals surface area contributed by atoms with Gasteiger partial charge in [-0.3, -0.25) is 4.79 Å².